The second kappa shape index (κ2) is 4.21. The smallest absolute Gasteiger partial charge is 0.135 e. The molecule has 0 aliphatic carbocycles. The van der Waals surface area contributed by atoms with Crippen LogP contribution in [0.5, 0.6) is 0 Å². The number of benzene rings is 2. The standard InChI is InChI=1S/C14H8BrF2N/c15-9-4-5-12-8(6-9)7-13(18-12)14-10(16)2-1-3-11(14)17/h1-7,18H. The molecule has 0 unspecified atom stereocenters. The van der Waals surface area contributed by atoms with E-state index in [0.717, 1.165) is 15.4 Å². The summed E-state index contributed by atoms with van der Waals surface area (Å²) in [6.07, 6.45) is 0. The summed E-state index contributed by atoms with van der Waals surface area (Å²) in [7, 11) is 0. The molecule has 1 nitrogen and oxygen atoms in total. The van der Waals surface area contributed by atoms with E-state index in [1.54, 1.807) is 6.07 Å². The highest BCUT2D eigenvalue weighted by Gasteiger charge is 2.13. The van der Waals surface area contributed by atoms with Gasteiger partial charge in [-0.05, 0) is 36.4 Å². The molecule has 1 N–H and O–H groups in total. The van der Waals surface area contributed by atoms with Gasteiger partial charge in [-0.1, -0.05) is 22.0 Å². The predicted octanol–water partition coefficient (Wildman–Crippen LogP) is 4.88. The Morgan fingerprint density at radius 2 is 1.67 bits per heavy atom. The van der Waals surface area contributed by atoms with Gasteiger partial charge < -0.3 is 4.98 Å². The lowest BCUT2D eigenvalue weighted by molar-refractivity contribution is 0.589. The first kappa shape index (κ1) is 11.4. The summed E-state index contributed by atoms with van der Waals surface area (Å²) in [5.41, 5.74) is 1.26. The van der Waals surface area contributed by atoms with Gasteiger partial charge in [-0.2, -0.15) is 0 Å². The average Bonchev–Trinajstić information content (AvgIpc) is 2.71. The minimum Gasteiger partial charge on any atom is -0.354 e. The summed E-state index contributed by atoms with van der Waals surface area (Å²) in [6.45, 7) is 0. The van der Waals surface area contributed by atoms with E-state index in [2.05, 4.69) is 20.9 Å². The van der Waals surface area contributed by atoms with Gasteiger partial charge in [0.05, 0.1) is 11.3 Å². The van der Waals surface area contributed by atoms with Gasteiger partial charge in [-0.3, -0.25) is 0 Å². The summed E-state index contributed by atoms with van der Waals surface area (Å²) in [4.78, 5) is 3.02. The molecule has 1 aromatic heterocycles. The van der Waals surface area contributed by atoms with Gasteiger partial charge in [0, 0.05) is 15.4 Å². The van der Waals surface area contributed by atoms with Gasteiger partial charge in [0.2, 0.25) is 0 Å². The van der Waals surface area contributed by atoms with Gasteiger partial charge in [0.15, 0.2) is 0 Å². The fourth-order valence-electron chi connectivity index (χ4n) is 1.99. The molecule has 0 saturated heterocycles. The van der Waals surface area contributed by atoms with E-state index in [-0.39, 0.29) is 5.56 Å². The minimum atomic E-state index is -0.569. The first-order chi connectivity index (χ1) is 8.65. The van der Waals surface area contributed by atoms with Crippen molar-refractivity contribution in [3.05, 3.63) is 58.6 Å². The highest BCUT2D eigenvalue weighted by Crippen LogP contribution is 2.29. The summed E-state index contributed by atoms with van der Waals surface area (Å²) in [6, 6.07) is 11.2. The molecule has 0 aliphatic rings. The maximum atomic E-state index is 13.7. The third kappa shape index (κ3) is 1.82. The SMILES string of the molecule is Fc1cccc(F)c1-c1cc2cc(Br)ccc2[nH]1. The van der Waals surface area contributed by atoms with Gasteiger partial charge in [0.1, 0.15) is 11.6 Å². The first-order valence-corrected chi connectivity index (χ1v) is 6.17. The van der Waals surface area contributed by atoms with E-state index in [4.69, 9.17) is 0 Å². The highest BCUT2D eigenvalue weighted by atomic mass is 79.9. The second-order valence-corrected chi connectivity index (χ2v) is 4.93. The van der Waals surface area contributed by atoms with Crippen molar-refractivity contribution in [3.63, 3.8) is 0 Å². The van der Waals surface area contributed by atoms with Gasteiger partial charge >= 0.3 is 0 Å². The van der Waals surface area contributed by atoms with Crippen LogP contribution in [-0.2, 0) is 0 Å². The second-order valence-electron chi connectivity index (χ2n) is 4.01. The quantitative estimate of drug-likeness (QED) is 0.660. The van der Waals surface area contributed by atoms with E-state index < -0.39 is 11.6 Å². The van der Waals surface area contributed by atoms with Crippen LogP contribution in [0, 0.1) is 11.6 Å². The first-order valence-electron chi connectivity index (χ1n) is 5.38. The van der Waals surface area contributed by atoms with Crippen molar-refractivity contribution in [2.75, 3.05) is 0 Å². The number of halogens is 3. The molecule has 0 spiro atoms. The molecular formula is C14H8BrF2N. The molecule has 0 saturated carbocycles. The fourth-order valence-corrected chi connectivity index (χ4v) is 2.37. The Morgan fingerprint density at radius 3 is 2.39 bits per heavy atom. The number of hydrogen-bond donors (Lipinski definition) is 1. The molecule has 18 heavy (non-hydrogen) atoms. The third-order valence-corrected chi connectivity index (χ3v) is 3.31. The van der Waals surface area contributed by atoms with Crippen LogP contribution in [0.2, 0.25) is 0 Å². The van der Waals surface area contributed by atoms with E-state index in [1.807, 2.05) is 18.2 Å². The number of rotatable bonds is 1. The molecule has 3 rings (SSSR count). The normalized spacial score (nSPS) is 11.1. The summed E-state index contributed by atoms with van der Waals surface area (Å²) >= 11 is 3.36. The predicted molar refractivity (Wildman–Crippen MR) is 71.4 cm³/mol. The average molecular weight is 308 g/mol. The van der Waals surface area contributed by atoms with Crippen molar-refractivity contribution in [2.24, 2.45) is 0 Å². The maximum absolute atomic E-state index is 13.7. The van der Waals surface area contributed by atoms with Crippen molar-refractivity contribution in [1.29, 1.82) is 0 Å². The van der Waals surface area contributed by atoms with Gasteiger partial charge in [-0.25, -0.2) is 8.78 Å². The monoisotopic (exact) mass is 307 g/mol. The molecule has 0 bridgehead atoms. The zero-order valence-corrected chi connectivity index (χ0v) is 10.8. The number of fused-ring (bicyclic) bond motifs is 1. The van der Waals surface area contributed by atoms with Crippen LogP contribution in [0.25, 0.3) is 22.2 Å². The van der Waals surface area contributed by atoms with Gasteiger partial charge in [0.25, 0.3) is 0 Å². The zero-order valence-electron chi connectivity index (χ0n) is 9.18. The Bertz CT molecular complexity index is 713. The van der Waals surface area contributed by atoms with E-state index in [1.165, 1.54) is 18.2 Å². The molecule has 90 valence electrons. The Labute approximate surface area is 111 Å². The van der Waals surface area contributed by atoms with E-state index in [0.29, 0.717) is 5.69 Å². The summed E-state index contributed by atoms with van der Waals surface area (Å²) in [5, 5.41) is 0.905. The highest BCUT2D eigenvalue weighted by molar-refractivity contribution is 9.10. The lowest BCUT2D eigenvalue weighted by Crippen LogP contribution is -1.89. The third-order valence-electron chi connectivity index (χ3n) is 2.81. The molecule has 3 aromatic rings. The Morgan fingerprint density at radius 1 is 0.944 bits per heavy atom. The van der Waals surface area contributed by atoms with Crippen LogP contribution < -0.4 is 0 Å². The molecule has 4 heteroatoms. The molecule has 0 aliphatic heterocycles. The maximum Gasteiger partial charge on any atom is 0.135 e. The van der Waals surface area contributed by atoms with Crippen molar-refractivity contribution < 1.29 is 8.78 Å². The van der Waals surface area contributed by atoms with Crippen LogP contribution >= 0.6 is 15.9 Å². The minimum absolute atomic E-state index is 0.0233. The van der Waals surface area contributed by atoms with E-state index in [9.17, 15) is 8.78 Å². The van der Waals surface area contributed by atoms with Crippen LogP contribution in [-0.4, -0.2) is 4.98 Å². The molecule has 2 aromatic carbocycles. The molecule has 1 heterocycles. The lowest BCUT2D eigenvalue weighted by Gasteiger charge is -2.01. The van der Waals surface area contributed by atoms with Crippen LogP contribution in [0.15, 0.2) is 46.9 Å². The van der Waals surface area contributed by atoms with E-state index >= 15 is 0 Å². The summed E-state index contributed by atoms with van der Waals surface area (Å²) < 4.78 is 28.3. The van der Waals surface area contributed by atoms with Crippen molar-refractivity contribution in [3.8, 4) is 11.3 Å². The number of H-pyrrole nitrogens is 1. The van der Waals surface area contributed by atoms with Crippen molar-refractivity contribution >= 4 is 26.8 Å². The Hall–Kier alpha value is -1.68. The van der Waals surface area contributed by atoms with Crippen LogP contribution in [0.4, 0.5) is 8.78 Å². The number of nitrogens with one attached hydrogen (secondary N) is 1. The van der Waals surface area contributed by atoms with Crippen molar-refractivity contribution in [1.82, 2.24) is 4.98 Å². The van der Waals surface area contributed by atoms with Gasteiger partial charge in [-0.15, -0.1) is 0 Å². The molecule has 0 radical (unpaired) electrons. The lowest BCUT2D eigenvalue weighted by atomic mass is 10.1. The largest absolute Gasteiger partial charge is 0.354 e. The number of aromatic amines is 1. The van der Waals surface area contributed by atoms with Crippen molar-refractivity contribution in [2.45, 2.75) is 0 Å². The molecule has 0 atom stereocenters. The number of aromatic nitrogens is 1. The Balaban J connectivity index is 2.26. The van der Waals surface area contributed by atoms with Crippen LogP contribution in [0.3, 0.4) is 0 Å². The molecule has 0 amide bonds. The zero-order chi connectivity index (χ0) is 12.7. The fraction of sp³-hybridized carbons (Fsp3) is 0. The number of hydrogen-bond acceptors (Lipinski definition) is 0. The molecule has 0 fully saturated rings. The Kier molecular flexibility index (Phi) is 2.67. The van der Waals surface area contributed by atoms with Crippen LogP contribution in [0.1, 0.15) is 0 Å². The summed E-state index contributed by atoms with van der Waals surface area (Å²) in [5.74, 6) is -1.14. The molecular weight excluding hydrogens is 300 g/mol. The topological polar surface area (TPSA) is 15.8 Å².